The summed E-state index contributed by atoms with van der Waals surface area (Å²) in [4.78, 5) is 7.52. The van der Waals surface area contributed by atoms with Crippen LogP contribution in [0.1, 0.15) is 17.1 Å². The highest BCUT2D eigenvalue weighted by atomic mass is 35.5. The van der Waals surface area contributed by atoms with Crippen molar-refractivity contribution in [2.45, 2.75) is 13.0 Å². The van der Waals surface area contributed by atoms with Gasteiger partial charge in [0.15, 0.2) is 0 Å². The van der Waals surface area contributed by atoms with Gasteiger partial charge in [-0.1, -0.05) is 36.0 Å². The number of nitrogens with one attached hydrogen (secondary N) is 1. The summed E-state index contributed by atoms with van der Waals surface area (Å²) in [6, 6.07) is 9.49. The van der Waals surface area contributed by atoms with Gasteiger partial charge in [-0.05, 0) is 23.8 Å². The Balaban J connectivity index is 2.23. The van der Waals surface area contributed by atoms with Crippen LogP contribution in [0.2, 0.25) is 5.02 Å². The molecule has 2 rings (SSSR count). The normalized spacial score (nSPS) is 10.6. The average Bonchev–Trinajstić information content (AvgIpc) is 2.32. The molecule has 2 aromatic rings. The third kappa shape index (κ3) is 3.63. The first-order valence-electron chi connectivity index (χ1n) is 5.50. The fourth-order valence-corrected chi connectivity index (χ4v) is 2.05. The molecule has 0 atom stereocenters. The van der Waals surface area contributed by atoms with Gasteiger partial charge in [0.2, 0.25) is 0 Å². The van der Waals surface area contributed by atoms with E-state index in [9.17, 15) is 0 Å². The highest BCUT2D eigenvalue weighted by molar-refractivity contribution is 7.71. The maximum absolute atomic E-state index is 5.85. The summed E-state index contributed by atoms with van der Waals surface area (Å²) in [5, 5.41) is 0.729. The lowest BCUT2D eigenvalue weighted by Crippen LogP contribution is -2.01. The minimum Gasteiger partial charge on any atom is -0.378 e. The lowest BCUT2D eigenvalue weighted by molar-refractivity contribution is 0.181. The molecular formula is C13H13ClN2OS. The Hall–Kier alpha value is -1.23. The number of rotatable bonds is 4. The molecule has 5 heteroatoms. The Morgan fingerprint density at radius 3 is 2.72 bits per heavy atom. The zero-order chi connectivity index (χ0) is 13.0. The quantitative estimate of drug-likeness (QED) is 0.871. The second kappa shape index (κ2) is 6.09. The zero-order valence-corrected chi connectivity index (χ0v) is 11.5. The summed E-state index contributed by atoms with van der Waals surface area (Å²) in [5.74, 6) is 0.830. The van der Waals surface area contributed by atoms with E-state index in [2.05, 4.69) is 9.97 Å². The van der Waals surface area contributed by atoms with Crippen LogP contribution in [-0.2, 0) is 17.8 Å². The van der Waals surface area contributed by atoms with Crippen molar-refractivity contribution in [3.05, 3.63) is 57.1 Å². The van der Waals surface area contributed by atoms with Crippen LogP contribution in [0.25, 0.3) is 0 Å². The van der Waals surface area contributed by atoms with E-state index >= 15 is 0 Å². The molecule has 1 aromatic heterocycles. The number of hydrogen-bond acceptors (Lipinski definition) is 3. The molecule has 18 heavy (non-hydrogen) atoms. The Morgan fingerprint density at radius 1 is 1.33 bits per heavy atom. The van der Waals surface area contributed by atoms with E-state index < -0.39 is 0 Å². The first-order valence-corrected chi connectivity index (χ1v) is 6.28. The summed E-state index contributed by atoms with van der Waals surface area (Å²) in [6.07, 6.45) is 0.693. The average molecular weight is 281 g/mol. The predicted molar refractivity (Wildman–Crippen MR) is 74.4 cm³/mol. The number of hydrogen-bond donors (Lipinski definition) is 1. The van der Waals surface area contributed by atoms with E-state index in [1.165, 1.54) is 0 Å². The van der Waals surface area contributed by atoms with Crippen molar-refractivity contribution in [1.82, 2.24) is 9.97 Å². The summed E-state index contributed by atoms with van der Waals surface area (Å²) in [5.41, 5.74) is 2.06. The van der Waals surface area contributed by atoms with E-state index in [1.54, 1.807) is 7.11 Å². The maximum atomic E-state index is 5.85. The topological polar surface area (TPSA) is 37.9 Å². The van der Waals surface area contributed by atoms with Crippen molar-refractivity contribution < 1.29 is 4.74 Å². The Morgan fingerprint density at radius 2 is 2.06 bits per heavy atom. The molecule has 0 aliphatic rings. The molecular weight excluding hydrogens is 268 g/mol. The Labute approximate surface area is 116 Å². The van der Waals surface area contributed by atoms with E-state index in [1.807, 2.05) is 30.3 Å². The number of methoxy groups -OCH3 is 1. The second-order valence-electron chi connectivity index (χ2n) is 3.93. The van der Waals surface area contributed by atoms with Crippen LogP contribution in [0.15, 0.2) is 30.3 Å². The van der Waals surface area contributed by atoms with Gasteiger partial charge in [0.1, 0.15) is 10.5 Å². The number of aromatic nitrogens is 2. The van der Waals surface area contributed by atoms with Crippen molar-refractivity contribution in [1.29, 1.82) is 0 Å². The van der Waals surface area contributed by atoms with Gasteiger partial charge in [0, 0.05) is 24.2 Å². The molecule has 3 nitrogen and oxygen atoms in total. The molecule has 0 aliphatic carbocycles. The predicted octanol–water partition coefficient (Wildman–Crippen LogP) is 3.53. The third-order valence-corrected chi connectivity index (χ3v) is 2.89. The summed E-state index contributed by atoms with van der Waals surface area (Å²) >= 11 is 11.0. The molecule has 94 valence electrons. The van der Waals surface area contributed by atoms with Crippen molar-refractivity contribution >= 4 is 23.8 Å². The highest BCUT2D eigenvalue weighted by Crippen LogP contribution is 2.12. The van der Waals surface area contributed by atoms with E-state index in [-0.39, 0.29) is 0 Å². The number of halogens is 1. The standard InChI is InChI=1S/C13H13ClN2OS/c1-17-8-11-7-13(18)16-12(15-11)6-9-2-4-10(14)5-3-9/h2-5,7H,6,8H2,1H3,(H,15,16,18). The fraction of sp³-hybridized carbons (Fsp3) is 0.231. The lowest BCUT2D eigenvalue weighted by atomic mass is 10.1. The van der Waals surface area contributed by atoms with Gasteiger partial charge >= 0.3 is 0 Å². The molecule has 0 aliphatic heterocycles. The number of aromatic amines is 1. The lowest BCUT2D eigenvalue weighted by Gasteiger charge is -2.05. The van der Waals surface area contributed by atoms with Crippen LogP contribution in [0.5, 0.6) is 0 Å². The Kier molecular flexibility index (Phi) is 4.47. The summed E-state index contributed by atoms with van der Waals surface area (Å²) < 4.78 is 5.65. The molecule has 0 saturated carbocycles. The number of ether oxygens (including phenoxy) is 1. The van der Waals surface area contributed by atoms with Crippen molar-refractivity contribution in [3.8, 4) is 0 Å². The second-order valence-corrected chi connectivity index (χ2v) is 4.78. The van der Waals surface area contributed by atoms with Gasteiger partial charge in [0.25, 0.3) is 0 Å². The van der Waals surface area contributed by atoms with Crippen LogP contribution < -0.4 is 0 Å². The zero-order valence-electron chi connectivity index (χ0n) is 9.94. The fourth-order valence-electron chi connectivity index (χ4n) is 1.68. The molecule has 0 saturated heterocycles. The minimum atomic E-state index is 0.500. The highest BCUT2D eigenvalue weighted by Gasteiger charge is 2.01. The molecule has 0 fully saturated rings. The van der Waals surface area contributed by atoms with Crippen molar-refractivity contribution in [3.63, 3.8) is 0 Å². The first kappa shape index (κ1) is 13.2. The van der Waals surface area contributed by atoms with Crippen molar-refractivity contribution in [2.24, 2.45) is 0 Å². The largest absolute Gasteiger partial charge is 0.378 e. The van der Waals surface area contributed by atoms with Crippen LogP contribution in [0.3, 0.4) is 0 Å². The van der Waals surface area contributed by atoms with Gasteiger partial charge in [-0.3, -0.25) is 0 Å². The molecule has 0 bridgehead atoms. The van der Waals surface area contributed by atoms with Gasteiger partial charge in [-0.2, -0.15) is 0 Å². The molecule has 1 heterocycles. The number of benzene rings is 1. The maximum Gasteiger partial charge on any atom is 0.130 e. The van der Waals surface area contributed by atoms with Gasteiger partial charge < -0.3 is 9.72 Å². The Bertz CT molecular complexity index is 580. The molecule has 0 unspecified atom stereocenters. The first-order chi connectivity index (χ1) is 8.67. The monoisotopic (exact) mass is 280 g/mol. The summed E-state index contributed by atoms with van der Waals surface area (Å²) in [7, 11) is 1.65. The van der Waals surface area contributed by atoms with E-state index in [4.69, 9.17) is 28.6 Å². The number of H-pyrrole nitrogens is 1. The third-order valence-electron chi connectivity index (χ3n) is 2.43. The van der Waals surface area contributed by atoms with Crippen LogP contribution >= 0.6 is 23.8 Å². The van der Waals surface area contributed by atoms with Crippen molar-refractivity contribution in [2.75, 3.05) is 7.11 Å². The van der Waals surface area contributed by atoms with Gasteiger partial charge in [-0.25, -0.2) is 4.98 Å². The molecule has 1 aromatic carbocycles. The molecule has 0 amide bonds. The smallest absolute Gasteiger partial charge is 0.130 e. The van der Waals surface area contributed by atoms with E-state index in [0.717, 1.165) is 22.1 Å². The van der Waals surface area contributed by atoms with Gasteiger partial charge in [-0.15, -0.1) is 0 Å². The molecule has 1 N–H and O–H groups in total. The van der Waals surface area contributed by atoms with Gasteiger partial charge in [0.05, 0.1) is 6.61 Å². The number of nitrogens with zero attached hydrogens (tertiary/aromatic N) is 1. The van der Waals surface area contributed by atoms with Crippen LogP contribution in [-0.4, -0.2) is 17.1 Å². The molecule has 0 radical (unpaired) electrons. The SMILES string of the molecule is COCc1cc(=S)nc(Cc2ccc(Cl)cc2)[nH]1. The minimum absolute atomic E-state index is 0.500. The summed E-state index contributed by atoms with van der Waals surface area (Å²) in [6.45, 7) is 0.500. The van der Waals surface area contributed by atoms with Crippen LogP contribution in [0, 0.1) is 4.64 Å². The molecule has 0 spiro atoms. The van der Waals surface area contributed by atoms with Crippen LogP contribution in [0.4, 0.5) is 0 Å². The van der Waals surface area contributed by atoms with E-state index in [0.29, 0.717) is 17.7 Å².